The van der Waals surface area contributed by atoms with Gasteiger partial charge in [-0.15, -0.1) is 11.3 Å². The van der Waals surface area contributed by atoms with Crippen LogP contribution in [0.1, 0.15) is 20.9 Å². The summed E-state index contributed by atoms with van der Waals surface area (Å²) >= 11 is 5.14. The topological polar surface area (TPSA) is 55.8 Å². The van der Waals surface area contributed by atoms with Crippen molar-refractivity contribution in [2.24, 2.45) is 0 Å². The third-order valence-electron chi connectivity index (χ3n) is 4.25. The van der Waals surface area contributed by atoms with Crippen molar-refractivity contribution in [3.8, 4) is 23.3 Å². The highest BCUT2D eigenvalue weighted by Gasteiger charge is 2.05. The van der Waals surface area contributed by atoms with Gasteiger partial charge in [0.25, 0.3) is 0 Å². The van der Waals surface area contributed by atoms with Gasteiger partial charge in [0.2, 0.25) is 0 Å². The van der Waals surface area contributed by atoms with Gasteiger partial charge < -0.3 is 14.6 Å². The second kappa shape index (κ2) is 10.9. The van der Waals surface area contributed by atoms with E-state index in [2.05, 4.69) is 40.8 Å². The molecule has 0 aliphatic carbocycles. The number of carbonyl (C=O) groups is 1. The maximum absolute atomic E-state index is 10.7. The minimum atomic E-state index is -1.01. The molecule has 31 heavy (non-hydrogen) atoms. The number of hydrogen-bond donors (Lipinski definition) is 1. The van der Waals surface area contributed by atoms with Gasteiger partial charge >= 0.3 is 5.97 Å². The Kier molecular flexibility index (Phi) is 7.94. The summed E-state index contributed by atoms with van der Waals surface area (Å²) in [7, 11) is 0. The normalized spacial score (nSPS) is 10.9. The molecule has 0 aliphatic rings. The van der Waals surface area contributed by atoms with Gasteiger partial charge in [0.15, 0.2) is 6.61 Å². The van der Waals surface area contributed by atoms with Crippen molar-refractivity contribution in [1.82, 2.24) is 0 Å². The number of aliphatic carboxylic acids is 1. The number of benzene rings is 2. The zero-order chi connectivity index (χ0) is 22.2. The lowest BCUT2D eigenvalue weighted by molar-refractivity contribution is -0.139. The quantitative estimate of drug-likeness (QED) is 0.401. The zero-order valence-electron chi connectivity index (χ0n) is 17.1. The molecular formula is C25H21BrO4S. The number of rotatable bonds is 7. The Morgan fingerprint density at radius 3 is 2.52 bits per heavy atom. The molecule has 2 aromatic carbocycles. The predicted molar refractivity (Wildman–Crippen MR) is 128 cm³/mol. The van der Waals surface area contributed by atoms with Gasteiger partial charge in [-0.3, -0.25) is 0 Å². The Balaban J connectivity index is 1.75. The number of halogens is 1. The first-order valence-corrected chi connectivity index (χ1v) is 11.1. The number of carboxylic acid groups (broad SMARTS) is 1. The fourth-order valence-corrected chi connectivity index (χ4v) is 3.72. The lowest BCUT2D eigenvalue weighted by atomic mass is 10.1. The molecule has 0 saturated carbocycles. The molecule has 1 heterocycles. The van der Waals surface area contributed by atoms with E-state index in [9.17, 15) is 4.79 Å². The summed E-state index contributed by atoms with van der Waals surface area (Å²) in [6.45, 7) is 3.89. The van der Waals surface area contributed by atoms with E-state index < -0.39 is 5.97 Å². The largest absolute Gasteiger partial charge is 0.489 e. The molecule has 0 radical (unpaired) electrons. The number of aryl methyl sites for hydroxylation is 2. The zero-order valence-corrected chi connectivity index (χ0v) is 19.5. The summed E-state index contributed by atoms with van der Waals surface area (Å²) in [4.78, 5) is 12.9. The Bertz CT molecular complexity index is 1150. The Morgan fingerprint density at radius 2 is 1.87 bits per heavy atom. The van der Waals surface area contributed by atoms with Crippen LogP contribution in [0.4, 0.5) is 0 Å². The van der Waals surface area contributed by atoms with Crippen molar-refractivity contribution >= 4 is 38.8 Å². The minimum absolute atomic E-state index is 0.346. The Hall–Kier alpha value is -3.01. The summed E-state index contributed by atoms with van der Waals surface area (Å²) in [6, 6.07) is 17.4. The molecule has 0 amide bonds. The summed E-state index contributed by atoms with van der Waals surface area (Å²) in [5.74, 6) is 6.70. The second-order valence-electron chi connectivity index (χ2n) is 6.71. The number of allylic oxidation sites excluding steroid dienone is 1. The van der Waals surface area contributed by atoms with Crippen LogP contribution in [0.5, 0.6) is 11.5 Å². The predicted octanol–water partition coefficient (Wildman–Crippen LogP) is 6.10. The molecule has 4 nitrogen and oxygen atoms in total. The van der Waals surface area contributed by atoms with Crippen LogP contribution in [0.2, 0.25) is 0 Å². The maximum atomic E-state index is 10.7. The third kappa shape index (κ3) is 7.02. The van der Waals surface area contributed by atoms with Crippen molar-refractivity contribution in [2.75, 3.05) is 13.2 Å². The van der Waals surface area contributed by atoms with Crippen LogP contribution in [-0.2, 0) is 4.79 Å². The second-order valence-corrected chi connectivity index (χ2v) is 8.91. The van der Waals surface area contributed by atoms with E-state index >= 15 is 0 Å². The van der Waals surface area contributed by atoms with Gasteiger partial charge in [0.1, 0.15) is 18.1 Å². The van der Waals surface area contributed by atoms with Crippen LogP contribution in [0, 0.1) is 25.7 Å². The average molecular weight is 497 g/mol. The van der Waals surface area contributed by atoms with Crippen molar-refractivity contribution in [1.29, 1.82) is 0 Å². The monoisotopic (exact) mass is 496 g/mol. The Labute approximate surface area is 194 Å². The highest BCUT2D eigenvalue weighted by Crippen LogP contribution is 2.24. The number of hydrogen-bond acceptors (Lipinski definition) is 4. The lowest BCUT2D eigenvalue weighted by Gasteiger charge is -2.10. The molecule has 0 saturated heterocycles. The molecule has 6 heteroatoms. The molecule has 0 unspecified atom stereocenters. The van der Waals surface area contributed by atoms with Crippen molar-refractivity contribution in [2.45, 2.75) is 13.8 Å². The molecule has 0 atom stereocenters. The van der Waals surface area contributed by atoms with Gasteiger partial charge in [-0.1, -0.05) is 39.9 Å². The molecule has 158 valence electrons. The summed E-state index contributed by atoms with van der Waals surface area (Å²) < 4.78 is 12.1. The third-order valence-corrected chi connectivity index (χ3v) is 5.70. The van der Waals surface area contributed by atoms with E-state index in [1.54, 1.807) is 23.5 Å². The molecule has 3 rings (SSSR count). The fourth-order valence-electron chi connectivity index (χ4n) is 2.74. The van der Waals surface area contributed by atoms with E-state index in [1.807, 2.05) is 49.4 Å². The van der Waals surface area contributed by atoms with Gasteiger partial charge in [-0.25, -0.2) is 4.79 Å². The molecule has 1 aromatic heterocycles. The fraction of sp³-hybridized carbons (Fsp3) is 0.160. The number of thiophene rings is 1. The smallest absolute Gasteiger partial charge is 0.341 e. The number of ether oxygens (including phenoxy) is 2. The SMILES string of the molecule is Cc1ccc(C#CC(=CCOc2ccc(OCC(=O)O)c(C)c2)c2ccc(Br)cc2)s1. The molecule has 0 fully saturated rings. The van der Waals surface area contributed by atoms with Crippen LogP contribution in [0.15, 0.2) is 65.1 Å². The van der Waals surface area contributed by atoms with E-state index in [-0.39, 0.29) is 6.61 Å². The molecule has 0 spiro atoms. The van der Waals surface area contributed by atoms with E-state index in [1.165, 1.54) is 4.88 Å². The lowest BCUT2D eigenvalue weighted by Crippen LogP contribution is -2.10. The van der Waals surface area contributed by atoms with Crippen molar-refractivity contribution < 1.29 is 19.4 Å². The minimum Gasteiger partial charge on any atom is -0.489 e. The number of carboxylic acids is 1. The first kappa shape index (κ1) is 22.7. The van der Waals surface area contributed by atoms with Crippen LogP contribution in [-0.4, -0.2) is 24.3 Å². The van der Waals surface area contributed by atoms with Crippen molar-refractivity contribution in [3.05, 3.63) is 86.0 Å². The van der Waals surface area contributed by atoms with Gasteiger partial charge in [0.05, 0.1) is 4.88 Å². The molecule has 0 aliphatic heterocycles. The van der Waals surface area contributed by atoms with Crippen molar-refractivity contribution in [3.63, 3.8) is 0 Å². The first-order valence-electron chi connectivity index (χ1n) is 9.53. The van der Waals surface area contributed by atoms with Gasteiger partial charge in [-0.05, 0) is 73.5 Å². The van der Waals surface area contributed by atoms with E-state index in [4.69, 9.17) is 14.6 Å². The average Bonchev–Trinajstić information content (AvgIpc) is 3.15. The van der Waals surface area contributed by atoms with E-state index in [0.29, 0.717) is 18.1 Å². The highest BCUT2D eigenvalue weighted by atomic mass is 79.9. The molecule has 3 aromatic rings. The summed E-state index contributed by atoms with van der Waals surface area (Å²) in [5, 5.41) is 8.75. The van der Waals surface area contributed by atoms with Crippen LogP contribution in [0.3, 0.4) is 0 Å². The van der Waals surface area contributed by atoms with Crippen LogP contribution in [0.25, 0.3) is 5.57 Å². The maximum Gasteiger partial charge on any atom is 0.341 e. The Morgan fingerprint density at radius 1 is 1.10 bits per heavy atom. The van der Waals surface area contributed by atoms with Crippen LogP contribution < -0.4 is 9.47 Å². The molecule has 0 bridgehead atoms. The first-order chi connectivity index (χ1) is 14.9. The van der Waals surface area contributed by atoms with E-state index in [0.717, 1.165) is 26.0 Å². The van der Waals surface area contributed by atoms with Gasteiger partial charge in [-0.2, -0.15) is 0 Å². The van der Waals surface area contributed by atoms with Gasteiger partial charge in [0, 0.05) is 14.9 Å². The van der Waals surface area contributed by atoms with Crippen LogP contribution >= 0.6 is 27.3 Å². The standard InChI is InChI=1S/C25H21BrO4S/c1-17-15-22(9-12-24(17)30-16-25(27)28)29-14-13-20(19-4-7-21(26)8-5-19)6-11-23-10-3-18(2)31-23/h3-5,7-10,12-13,15H,14,16H2,1-2H3,(H,27,28). The molecular weight excluding hydrogens is 476 g/mol. The highest BCUT2D eigenvalue weighted by molar-refractivity contribution is 9.10. The molecule has 1 N–H and O–H groups in total. The summed E-state index contributed by atoms with van der Waals surface area (Å²) in [6.07, 6.45) is 1.96. The summed E-state index contributed by atoms with van der Waals surface area (Å²) in [5.41, 5.74) is 2.71.